The molecular weight excluding hydrogens is 292 g/mol. The Morgan fingerprint density at radius 2 is 2.28 bits per heavy atom. The molecule has 1 aromatic carbocycles. The molecule has 0 unspecified atom stereocenters. The van der Waals surface area contributed by atoms with E-state index >= 15 is 0 Å². The third kappa shape index (κ3) is 4.42. The van der Waals surface area contributed by atoms with E-state index in [9.17, 15) is 4.79 Å². The van der Waals surface area contributed by atoms with Crippen LogP contribution in [0.15, 0.2) is 28.7 Å². The van der Waals surface area contributed by atoms with Gasteiger partial charge in [-0.3, -0.25) is 4.79 Å². The maximum atomic E-state index is 11.8. The van der Waals surface area contributed by atoms with Gasteiger partial charge in [0.25, 0.3) is 0 Å². The predicted molar refractivity (Wildman–Crippen MR) is 76.3 cm³/mol. The van der Waals surface area contributed by atoms with Gasteiger partial charge >= 0.3 is 0 Å². The van der Waals surface area contributed by atoms with E-state index in [0.29, 0.717) is 12.5 Å². The lowest BCUT2D eigenvalue weighted by Crippen LogP contribution is -2.30. The van der Waals surface area contributed by atoms with Gasteiger partial charge in [-0.1, -0.05) is 28.1 Å². The molecule has 4 heteroatoms. The highest BCUT2D eigenvalue weighted by Gasteiger charge is 2.20. The fraction of sp³-hybridized carbons (Fsp3) is 0.500. The second-order valence-electron chi connectivity index (χ2n) is 4.82. The first-order chi connectivity index (χ1) is 8.65. The molecule has 2 N–H and O–H groups in total. The Kier molecular flexibility index (Phi) is 4.78. The van der Waals surface area contributed by atoms with E-state index in [2.05, 4.69) is 26.6 Å². The zero-order valence-electron chi connectivity index (χ0n) is 10.6. The first kappa shape index (κ1) is 13.6. The van der Waals surface area contributed by atoms with Crippen molar-refractivity contribution in [3.05, 3.63) is 34.3 Å². The normalized spacial score (nSPS) is 16.3. The Morgan fingerprint density at radius 1 is 1.50 bits per heavy atom. The van der Waals surface area contributed by atoms with Crippen LogP contribution in [0.3, 0.4) is 0 Å². The van der Waals surface area contributed by atoms with Crippen LogP contribution in [-0.2, 0) is 4.79 Å². The zero-order chi connectivity index (χ0) is 13.0. The minimum Gasteiger partial charge on any atom is -0.350 e. The number of rotatable bonds is 6. The summed E-state index contributed by atoms with van der Waals surface area (Å²) in [6.45, 7) is 2.79. The Morgan fingerprint density at radius 3 is 2.94 bits per heavy atom. The molecule has 98 valence electrons. The number of carbonyl (C=O) groups excluding carboxylic acids is 1. The summed E-state index contributed by atoms with van der Waals surface area (Å²) in [7, 11) is 0. The highest BCUT2D eigenvalue weighted by atomic mass is 79.9. The Hall–Kier alpha value is -0.870. The molecule has 0 aliphatic heterocycles. The van der Waals surface area contributed by atoms with Crippen LogP contribution in [0.1, 0.15) is 37.8 Å². The molecule has 0 aromatic heterocycles. The summed E-state index contributed by atoms with van der Waals surface area (Å²) in [5.74, 6) is 0.107. The van der Waals surface area contributed by atoms with E-state index in [1.54, 1.807) is 0 Å². The van der Waals surface area contributed by atoms with E-state index in [1.165, 1.54) is 12.8 Å². The van der Waals surface area contributed by atoms with E-state index < -0.39 is 0 Å². The SMILES string of the molecule is C[C@H](NC(=O)CCNC1CC1)c1cccc(Br)c1. The van der Waals surface area contributed by atoms with E-state index in [4.69, 9.17) is 0 Å². The maximum Gasteiger partial charge on any atom is 0.221 e. The van der Waals surface area contributed by atoms with Gasteiger partial charge in [0.15, 0.2) is 0 Å². The van der Waals surface area contributed by atoms with Crippen molar-refractivity contribution in [2.45, 2.75) is 38.3 Å². The molecule has 3 nitrogen and oxygen atoms in total. The van der Waals surface area contributed by atoms with Gasteiger partial charge < -0.3 is 10.6 Å². The molecule has 1 aromatic rings. The average Bonchev–Trinajstić information content (AvgIpc) is 3.13. The quantitative estimate of drug-likeness (QED) is 0.848. The van der Waals surface area contributed by atoms with Crippen molar-refractivity contribution in [2.75, 3.05) is 6.54 Å². The summed E-state index contributed by atoms with van der Waals surface area (Å²) < 4.78 is 1.04. The number of carbonyl (C=O) groups is 1. The highest BCUT2D eigenvalue weighted by Crippen LogP contribution is 2.19. The smallest absolute Gasteiger partial charge is 0.221 e. The largest absolute Gasteiger partial charge is 0.350 e. The van der Waals surface area contributed by atoms with Gasteiger partial charge in [0.1, 0.15) is 0 Å². The maximum absolute atomic E-state index is 11.8. The number of nitrogens with one attached hydrogen (secondary N) is 2. The minimum absolute atomic E-state index is 0.0518. The van der Waals surface area contributed by atoms with Gasteiger partial charge in [-0.05, 0) is 37.5 Å². The highest BCUT2D eigenvalue weighted by molar-refractivity contribution is 9.10. The lowest BCUT2D eigenvalue weighted by atomic mass is 10.1. The van der Waals surface area contributed by atoms with Crippen molar-refractivity contribution in [3.8, 4) is 0 Å². The summed E-state index contributed by atoms with van der Waals surface area (Å²) in [4.78, 5) is 11.8. The second-order valence-corrected chi connectivity index (χ2v) is 5.74. The van der Waals surface area contributed by atoms with Crippen molar-refractivity contribution in [1.82, 2.24) is 10.6 Å². The molecule has 1 fully saturated rings. The molecule has 1 atom stereocenters. The Labute approximate surface area is 116 Å². The molecule has 0 saturated heterocycles. The fourth-order valence-electron chi connectivity index (χ4n) is 1.85. The van der Waals surface area contributed by atoms with Crippen LogP contribution in [0.5, 0.6) is 0 Å². The van der Waals surface area contributed by atoms with Crippen LogP contribution in [0, 0.1) is 0 Å². The molecule has 2 rings (SSSR count). The standard InChI is InChI=1S/C14H19BrN2O/c1-10(11-3-2-4-12(15)9-11)17-14(18)7-8-16-13-5-6-13/h2-4,9-10,13,16H,5-8H2,1H3,(H,17,18)/t10-/m0/s1. The molecule has 18 heavy (non-hydrogen) atoms. The third-order valence-electron chi connectivity index (χ3n) is 3.09. The summed E-state index contributed by atoms with van der Waals surface area (Å²) in [6, 6.07) is 8.75. The predicted octanol–water partition coefficient (Wildman–Crippen LogP) is 2.77. The summed E-state index contributed by atoms with van der Waals surface area (Å²) >= 11 is 3.44. The molecule has 1 aliphatic rings. The number of hydrogen-bond acceptors (Lipinski definition) is 2. The average molecular weight is 311 g/mol. The molecule has 0 heterocycles. The van der Waals surface area contributed by atoms with Gasteiger partial charge in [0.2, 0.25) is 5.91 Å². The van der Waals surface area contributed by atoms with E-state index in [-0.39, 0.29) is 11.9 Å². The van der Waals surface area contributed by atoms with Crippen molar-refractivity contribution < 1.29 is 4.79 Å². The molecule has 1 aliphatic carbocycles. The first-order valence-electron chi connectivity index (χ1n) is 6.43. The Balaban J connectivity index is 1.75. The first-order valence-corrected chi connectivity index (χ1v) is 7.22. The zero-order valence-corrected chi connectivity index (χ0v) is 12.2. The monoisotopic (exact) mass is 310 g/mol. The van der Waals surface area contributed by atoms with Crippen molar-refractivity contribution in [2.24, 2.45) is 0 Å². The van der Waals surface area contributed by atoms with Crippen molar-refractivity contribution >= 4 is 21.8 Å². The molecule has 0 bridgehead atoms. The van der Waals surface area contributed by atoms with Crippen LogP contribution in [-0.4, -0.2) is 18.5 Å². The fourth-order valence-corrected chi connectivity index (χ4v) is 2.27. The lowest BCUT2D eigenvalue weighted by molar-refractivity contribution is -0.121. The second kappa shape index (κ2) is 6.34. The molecule has 0 spiro atoms. The van der Waals surface area contributed by atoms with Crippen LogP contribution in [0.2, 0.25) is 0 Å². The van der Waals surface area contributed by atoms with Crippen LogP contribution in [0.25, 0.3) is 0 Å². The van der Waals surface area contributed by atoms with Crippen molar-refractivity contribution in [3.63, 3.8) is 0 Å². The van der Waals surface area contributed by atoms with Crippen molar-refractivity contribution in [1.29, 1.82) is 0 Å². The van der Waals surface area contributed by atoms with E-state index in [0.717, 1.165) is 16.6 Å². The van der Waals surface area contributed by atoms with Gasteiger partial charge in [-0.15, -0.1) is 0 Å². The summed E-state index contributed by atoms with van der Waals surface area (Å²) in [5, 5.41) is 6.36. The molecule has 1 saturated carbocycles. The topological polar surface area (TPSA) is 41.1 Å². The van der Waals surface area contributed by atoms with E-state index in [1.807, 2.05) is 31.2 Å². The summed E-state index contributed by atoms with van der Waals surface area (Å²) in [6.07, 6.45) is 3.07. The van der Waals surface area contributed by atoms with Crippen LogP contribution in [0.4, 0.5) is 0 Å². The molecular formula is C14H19BrN2O. The van der Waals surface area contributed by atoms with Crippen LogP contribution >= 0.6 is 15.9 Å². The molecule has 1 amide bonds. The number of halogens is 1. The van der Waals surface area contributed by atoms with Crippen LogP contribution < -0.4 is 10.6 Å². The Bertz CT molecular complexity index is 418. The van der Waals surface area contributed by atoms with Gasteiger partial charge in [0, 0.05) is 23.5 Å². The van der Waals surface area contributed by atoms with Gasteiger partial charge in [0.05, 0.1) is 6.04 Å². The summed E-state index contributed by atoms with van der Waals surface area (Å²) in [5.41, 5.74) is 1.12. The minimum atomic E-state index is 0.0518. The molecule has 0 radical (unpaired) electrons. The lowest BCUT2D eigenvalue weighted by Gasteiger charge is -2.14. The number of amides is 1. The number of hydrogen-bond donors (Lipinski definition) is 2. The third-order valence-corrected chi connectivity index (χ3v) is 3.58. The number of benzene rings is 1. The van der Waals surface area contributed by atoms with Gasteiger partial charge in [-0.25, -0.2) is 0 Å². The van der Waals surface area contributed by atoms with Gasteiger partial charge in [-0.2, -0.15) is 0 Å².